The van der Waals surface area contributed by atoms with Crippen LogP contribution in [0.5, 0.6) is 0 Å². The predicted octanol–water partition coefficient (Wildman–Crippen LogP) is -0.595. The second-order valence-corrected chi connectivity index (χ2v) is 4.42. The van der Waals surface area contributed by atoms with Gasteiger partial charge in [0, 0.05) is 7.05 Å². The standard InChI is InChI=1S/C7H13N5O4S/c1-3-16-7(13)11-17(14,15)10-6-5(8)4-9-12(6)2/h4,10H,3,8H2,1-2H3,(H,11,13). The molecule has 9 nitrogen and oxygen atoms in total. The smallest absolute Gasteiger partial charge is 0.422 e. The van der Waals surface area contributed by atoms with Crippen molar-refractivity contribution in [2.75, 3.05) is 17.1 Å². The Morgan fingerprint density at radius 2 is 2.29 bits per heavy atom. The number of ether oxygens (including phenoxy) is 1. The van der Waals surface area contributed by atoms with E-state index < -0.39 is 16.3 Å². The maximum Gasteiger partial charge on any atom is 0.422 e. The molecule has 0 atom stereocenters. The summed E-state index contributed by atoms with van der Waals surface area (Å²) in [6, 6.07) is 0. The number of nitrogens with zero attached hydrogens (tertiary/aromatic N) is 2. The minimum Gasteiger partial charge on any atom is -0.449 e. The molecule has 1 heterocycles. The molecule has 0 radical (unpaired) electrons. The summed E-state index contributed by atoms with van der Waals surface area (Å²) in [5.74, 6) is 0.0572. The lowest BCUT2D eigenvalue weighted by Gasteiger charge is -2.09. The Bertz CT molecular complexity index is 489. The van der Waals surface area contributed by atoms with Gasteiger partial charge in [-0.25, -0.2) is 14.2 Å². The van der Waals surface area contributed by atoms with E-state index in [1.54, 1.807) is 11.6 Å². The fourth-order valence-electron chi connectivity index (χ4n) is 1.00. The van der Waals surface area contributed by atoms with E-state index >= 15 is 0 Å². The summed E-state index contributed by atoms with van der Waals surface area (Å²) in [6.07, 6.45) is 0.211. The molecule has 17 heavy (non-hydrogen) atoms. The van der Waals surface area contributed by atoms with Crippen LogP contribution in [0.3, 0.4) is 0 Å². The van der Waals surface area contributed by atoms with Crippen LogP contribution in [-0.4, -0.2) is 30.9 Å². The summed E-state index contributed by atoms with van der Waals surface area (Å²) >= 11 is 0. The highest BCUT2D eigenvalue weighted by molar-refractivity contribution is 7.91. The monoisotopic (exact) mass is 263 g/mol. The second-order valence-electron chi connectivity index (χ2n) is 3.00. The Hall–Kier alpha value is -1.97. The van der Waals surface area contributed by atoms with Gasteiger partial charge in [-0.2, -0.15) is 13.5 Å². The lowest BCUT2D eigenvalue weighted by molar-refractivity contribution is 0.159. The molecule has 0 saturated heterocycles. The number of nitrogens with two attached hydrogens (primary N) is 1. The maximum atomic E-state index is 11.5. The third-order valence-corrected chi connectivity index (χ3v) is 2.59. The average molecular weight is 263 g/mol. The summed E-state index contributed by atoms with van der Waals surface area (Å²) in [5.41, 5.74) is 5.62. The van der Waals surface area contributed by atoms with Gasteiger partial charge in [0.1, 0.15) is 0 Å². The lowest BCUT2D eigenvalue weighted by Crippen LogP contribution is -2.36. The van der Waals surface area contributed by atoms with Crippen LogP contribution in [0.4, 0.5) is 16.3 Å². The zero-order chi connectivity index (χ0) is 13.1. The number of carbonyl (C=O) groups is 1. The molecule has 1 rings (SSSR count). The van der Waals surface area contributed by atoms with Crippen molar-refractivity contribution in [3.8, 4) is 0 Å². The zero-order valence-electron chi connectivity index (χ0n) is 9.30. The highest BCUT2D eigenvalue weighted by Crippen LogP contribution is 2.16. The van der Waals surface area contributed by atoms with Gasteiger partial charge in [0.25, 0.3) is 0 Å². The Kier molecular flexibility index (Phi) is 3.78. The summed E-state index contributed by atoms with van der Waals surface area (Å²) in [5, 5.41) is 3.74. The molecule has 0 aromatic carbocycles. The van der Waals surface area contributed by atoms with Crippen LogP contribution < -0.4 is 15.2 Å². The first-order valence-corrected chi connectivity index (χ1v) is 6.09. The minimum absolute atomic E-state index is 0.0572. The molecule has 0 aliphatic heterocycles. The van der Waals surface area contributed by atoms with Crippen LogP contribution in [0.15, 0.2) is 6.20 Å². The number of amides is 1. The van der Waals surface area contributed by atoms with Crippen LogP contribution in [0.1, 0.15) is 6.92 Å². The second kappa shape index (κ2) is 4.91. The van der Waals surface area contributed by atoms with Crippen LogP contribution in [-0.2, 0) is 22.0 Å². The van der Waals surface area contributed by atoms with E-state index in [4.69, 9.17) is 5.73 Å². The van der Waals surface area contributed by atoms with Crippen molar-refractivity contribution < 1.29 is 17.9 Å². The molecule has 0 aliphatic carbocycles. The Labute approximate surface area is 98.1 Å². The van der Waals surface area contributed by atoms with Crippen molar-refractivity contribution in [1.82, 2.24) is 14.5 Å². The Balaban J connectivity index is 2.77. The van der Waals surface area contributed by atoms with E-state index in [0.29, 0.717) is 0 Å². The summed E-state index contributed by atoms with van der Waals surface area (Å²) in [6.45, 7) is 1.62. The van der Waals surface area contributed by atoms with Crippen LogP contribution in [0, 0.1) is 0 Å². The normalized spacial score (nSPS) is 10.9. The van der Waals surface area contributed by atoms with E-state index in [1.807, 2.05) is 0 Å². The van der Waals surface area contributed by atoms with E-state index in [9.17, 15) is 13.2 Å². The first kappa shape index (κ1) is 13.1. The Morgan fingerprint density at radius 1 is 1.65 bits per heavy atom. The lowest BCUT2D eigenvalue weighted by atomic mass is 10.5. The van der Waals surface area contributed by atoms with Gasteiger partial charge < -0.3 is 10.5 Å². The van der Waals surface area contributed by atoms with Crippen LogP contribution in [0.2, 0.25) is 0 Å². The largest absolute Gasteiger partial charge is 0.449 e. The first-order valence-electron chi connectivity index (χ1n) is 4.60. The van der Waals surface area contributed by atoms with Crippen molar-refractivity contribution in [3.05, 3.63) is 6.20 Å². The molecule has 0 unspecified atom stereocenters. The molecule has 0 spiro atoms. The fraction of sp³-hybridized carbons (Fsp3) is 0.429. The molecule has 4 N–H and O–H groups in total. The molecule has 0 bridgehead atoms. The molecule has 0 aliphatic rings. The van der Waals surface area contributed by atoms with Crippen molar-refractivity contribution in [1.29, 1.82) is 0 Å². The number of carbonyl (C=O) groups excluding carboxylic acids is 1. The number of nitrogens with one attached hydrogen (secondary N) is 2. The zero-order valence-corrected chi connectivity index (χ0v) is 10.1. The number of rotatable bonds is 4. The van der Waals surface area contributed by atoms with Crippen molar-refractivity contribution in [2.24, 2.45) is 7.05 Å². The number of aromatic nitrogens is 2. The summed E-state index contributed by atoms with van der Waals surface area (Å²) in [4.78, 5) is 11.0. The molecule has 1 aromatic heterocycles. The molecule has 96 valence electrons. The third kappa shape index (κ3) is 3.52. The van der Waals surface area contributed by atoms with Gasteiger partial charge in [-0.1, -0.05) is 0 Å². The van der Waals surface area contributed by atoms with Crippen LogP contribution in [0.25, 0.3) is 0 Å². The highest BCUT2D eigenvalue weighted by atomic mass is 32.2. The Morgan fingerprint density at radius 3 is 2.76 bits per heavy atom. The topological polar surface area (TPSA) is 128 Å². The number of anilines is 2. The van der Waals surface area contributed by atoms with Crippen molar-refractivity contribution >= 4 is 27.8 Å². The summed E-state index contributed by atoms with van der Waals surface area (Å²) in [7, 11) is -2.59. The molecular formula is C7H13N5O4S. The highest BCUT2D eigenvalue weighted by Gasteiger charge is 2.18. The van der Waals surface area contributed by atoms with Gasteiger partial charge in [0.05, 0.1) is 18.5 Å². The van der Waals surface area contributed by atoms with Gasteiger partial charge in [-0.05, 0) is 6.92 Å². The number of hydrogen-bond acceptors (Lipinski definition) is 6. The average Bonchev–Trinajstić information content (AvgIpc) is 2.48. The third-order valence-electron chi connectivity index (χ3n) is 1.69. The van der Waals surface area contributed by atoms with E-state index in [1.165, 1.54) is 17.9 Å². The maximum absolute atomic E-state index is 11.5. The minimum atomic E-state index is -4.09. The van der Waals surface area contributed by atoms with Crippen molar-refractivity contribution in [2.45, 2.75) is 6.92 Å². The van der Waals surface area contributed by atoms with Gasteiger partial charge in [0.15, 0.2) is 5.82 Å². The van der Waals surface area contributed by atoms with Gasteiger partial charge in [0.2, 0.25) is 0 Å². The van der Waals surface area contributed by atoms with E-state index in [-0.39, 0.29) is 18.1 Å². The molecule has 1 amide bonds. The SMILES string of the molecule is CCOC(=O)NS(=O)(=O)Nc1c(N)cnn1C. The number of hydrogen-bond donors (Lipinski definition) is 3. The number of nitrogen functional groups attached to an aromatic ring is 1. The quantitative estimate of drug-likeness (QED) is 0.665. The molecule has 1 aromatic rings. The van der Waals surface area contributed by atoms with E-state index in [0.717, 1.165) is 0 Å². The first-order chi connectivity index (χ1) is 7.85. The van der Waals surface area contributed by atoms with Gasteiger partial charge >= 0.3 is 16.3 Å². The number of aryl methyl sites for hydroxylation is 1. The molecule has 0 saturated carbocycles. The predicted molar refractivity (Wildman–Crippen MR) is 60.3 cm³/mol. The van der Waals surface area contributed by atoms with E-state index in [2.05, 4.69) is 14.6 Å². The van der Waals surface area contributed by atoms with Crippen molar-refractivity contribution in [3.63, 3.8) is 0 Å². The van der Waals surface area contributed by atoms with Crippen LogP contribution >= 0.6 is 0 Å². The molecule has 0 fully saturated rings. The summed E-state index contributed by atoms with van der Waals surface area (Å²) < 4.78 is 32.3. The van der Waals surface area contributed by atoms with Gasteiger partial charge in [-0.3, -0.25) is 4.68 Å². The molecule has 10 heteroatoms. The van der Waals surface area contributed by atoms with Gasteiger partial charge in [-0.15, -0.1) is 0 Å². The fourth-order valence-corrected chi connectivity index (χ4v) is 1.84. The molecular weight excluding hydrogens is 250 g/mol.